The molecule has 0 aromatic rings. The summed E-state index contributed by atoms with van der Waals surface area (Å²) in [6, 6.07) is 0. The number of amides is 1. The van der Waals surface area contributed by atoms with Gasteiger partial charge in [0.2, 0.25) is 5.91 Å². The number of rotatable bonds is 5. The van der Waals surface area contributed by atoms with Crippen molar-refractivity contribution in [3.05, 3.63) is 0 Å². The van der Waals surface area contributed by atoms with Crippen LogP contribution in [0, 0.1) is 0 Å². The lowest BCUT2D eigenvalue weighted by Gasteiger charge is -2.11. The molecule has 13 heavy (non-hydrogen) atoms. The smallest absolute Gasteiger partial charge is 0.233 e. The highest BCUT2D eigenvalue weighted by molar-refractivity contribution is 9.10. The molecule has 0 bridgehead atoms. The molecule has 5 heteroatoms. The van der Waals surface area contributed by atoms with Crippen LogP contribution < -0.4 is 5.32 Å². The van der Waals surface area contributed by atoms with Crippen LogP contribution in [0.2, 0.25) is 0 Å². The maximum Gasteiger partial charge on any atom is 0.233 e. The molecule has 0 radical (unpaired) electrons. The molecule has 0 aromatic heterocycles. The van der Waals surface area contributed by atoms with Crippen molar-refractivity contribution in [2.45, 2.75) is 30.3 Å². The van der Waals surface area contributed by atoms with Crippen molar-refractivity contribution in [1.29, 1.82) is 0 Å². The molecular weight excluding hydrogens is 254 g/mol. The van der Waals surface area contributed by atoms with Crippen LogP contribution in [0.4, 0.5) is 0 Å². The van der Waals surface area contributed by atoms with Crippen LogP contribution in [0.15, 0.2) is 0 Å². The molecule has 0 saturated heterocycles. The first-order valence-corrected chi connectivity index (χ1v) is 6.76. The van der Waals surface area contributed by atoms with Gasteiger partial charge < -0.3 is 5.32 Å². The monoisotopic (exact) mass is 269 g/mol. The van der Waals surface area contributed by atoms with Crippen LogP contribution in [0.3, 0.4) is 0 Å². The maximum absolute atomic E-state index is 11.2. The van der Waals surface area contributed by atoms with Crippen molar-refractivity contribution in [1.82, 2.24) is 5.32 Å². The number of alkyl halides is 1. The highest BCUT2D eigenvalue weighted by Crippen LogP contribution is 2.03. The Bertz CT molecular complexity index is 199. The van der Waals surface area contributed by atoms with E-state index in [4.69, 9.17) is 0 Å². The fourth-order valence-electron chi connectivity index (χ4n) is 0.658. The lowest BCUT2D eigenvalue weighted by Crippen LogP contribution is -2.36. The van der Waals surface area contributed by atoms with Crippen molar-refractivity contribution in [2.24, 2.45) is 0 Å². The summed E-state index contributed by atoms with van der Waals surface area (Å²) in [5.41, 5.74) is 0. The summed E-state index contributed by atoms with van der Waals surface area (Å²) in [5, 5.41) is 2.75. The quantitative estimate of drug-likeness (QED) is 0.759. The number of carbonyl (C=O) groups is 1. The molecule has 0 fully saturated rings. The molecular formula is C8H16BrNO2S. The first kappa shape index (κ1) is 13.1. The van der Waals surface area contributed by atoms with Gasteiger partial charge in [-0.2, -0.15) is 0 Å². The second-order valence-electron chi connectivity index (χ2n) is 2.93. The fraction of sp³-hybridized carbons (Fsp3) is 0.875. The van der Waals surface area contributed by atoms with E-state index in [0.29, 0.717) is 6.54 Å². The summed E-state index contributed by atoms with van der Waals surface area (Å²) >= 11 is 3.24. The Morgan fingerprint density at radius 3 is 2.54 bits per heavy atom. The van der Waals surface area contributed by atoms with Crippen molar-refractivity contribution in [3.8, 4) is 0 Å². The molecule has 3 nitrogen and oxygen atoms in total. The van der Waals surface area contributed by atoms with Crippen molar-refractivity contribution in [2.75, 3.05) is 12.8 Å². The lowest BCUT2D eigenvalue weighted by atomic mass is 10.3. The molecule has 1 N–H and O–H groups in total. The molecule has 0 aromatic carbocycles. The van der Waals surface area contributed by atoms with E-state index in [1.165, 1.54) is 0 Å². The Hall–Kier alpha value is 0.1000. The largest absolute Gasteiger partial charge is 0.354 e. The highest BCUT2D eigenvalue weighted by Gasteiger charge is 2.13. The topological polar surface area (TPSA) is 46.2 Å². The summed E-state index contributed by atoms with van der Waals surface area (Å²) in [6.45, 7) is 4.26. The number of carbonyl (C=O) groups excluding carboxylic acids is 1. The molecule has 0 saturated carbocycles. The SMILES string of the molecule is CCC(Br)C(=O)NCC(C)S(C)=O. The molecule has 0 rings (SSSR count). The average molecular weight is 270 g/mol. The molecule has 0 aliphatic rings. The summed E-state index contributed by atoms with van der Waals surface area (Å²) < 4.78 is 10.9. The van der Waals surface area contributed by atoms with Gasteiger partial charge in [0.15, 0.2) is 0 Å². The van der Waals surface area contributed by atoms with E-state index in [1.807, 2.05) is 13.8 Å². The standard InChI is InChI=1S/C8H16BrNO2S/c1-4-7(9)8(11)10-5-6(2)13(3)12/h6-7H,4-5H2,1-3H3,(H,10,11). The third-order valence-electron chi connectivity index (χ3n) is 1.77. The van der Waals surface area contributed by atoms with Gasteiger partial charge in [-0.25, -0.2) is 0 Å². The predicted octanol–water partition coefficient (Wildman–Crippen LogP) is 1.04. The lowest BCUT2D eigenvalue weighted by molar-refractivity contribution is -0.120. The van der Waals surface area contributed by atoms with Crippen molar-refractivity contribution in [3.63, 3.8) is 0 Å². The Morgan fingerprint density at radius 2 is 2.15 bits per heavy atom. The summed E-state index contributed by atoms with van der Waals surface area (Å²) in [6.07, 6.45) is 2.40. The molecule has 1 amide bonds. The van der Waals surface area contributed by atoms with Gasteiger partial charge in [-0.1, -0.05) is 22.9 Å². The van der Waals surface area contributed by atoms with Gasteiger partial charge >= 0.3 is 0 Å². The molecule has 0 aliphatic carbocycles. The van der Waals surface area contributed by atoms with Crippen LogP contribution in [-0.2, 0) is 15.6 Å². The van der Waals surface area contributed by atoms with Crippen LogP contribution in [0.25, 0.3) is 0 Å². The fourth-order valence-corrected chi connectivity index (χ4v) is 1.14. The van der Waals surface area contributed by atoms with Gasteiger partial charge in [-0.05, 0) is 13.3 Å². The highest BCUT2D eigenvalue weighted by atomic mass is 79.9. The summed E-state index contributed by atoms with van der Waals surface area (Å²) in [7, 11) is -0.872. The zero-order valence-electron chi connectivity index (χ0n) is 8.17. The Morgan fingerprint density at radius 1 is 1.62 bits per heavy atom. The molecule has 3 unspecified atom stereocenters. The van der Waals surface area contributed by atoms with Gasteiger partial charge in [0.1, 0.15) is 0 Å². The number of hydrogen-bond acceptors (Lipinski definition) is 2. The van der Waals surface area contributed by atoms with Crippen molar-refractivity contribution < 1.29 is 9.00 Å². The first-order valence-electron chi connectivity index (χ1n) is 4.23. The summed E-state index contributed by atoms with van der Waals surface area (Å²) in [4.78, 5) is 11.1. The molecule has 0 aliphatic heterocycles. The zero-order chi connectivity index (χ0) is 10.4. The van der Waals surface area contributed by atoms with Crippen LogP contribution in [0.5, 0.6) is 0 Å². The Balaban J connectivity index is 3.76. The third-order valence-corrected chi connectivity index (χ3v) is 4.14. The average Bonchev–Trinajstić information content (AvgIpc) is 2.11. The zero-order valence-corrected chi connectivity index (χ0v) is 10.6. The maximum atomic E-state index is 11.2. The number of nitrogens with one attached hydrogen (secondary N) is 1. The van der Waals surface area contributed by atoms with Crippen LogP contribution in [-0.4, -0.2) is 33.0 Å². The minimum Gasteiger partial charge on any atom is -0.354 e. The normalized spacial score (nSPS) is 17.5. The van der Waals surface area contributed by atoms with E-state index in [2.05, 4.69) is 21.2 Å². The van der Waals surface area contributed by atoms with E-state index in [1.54, 1.807) is 6.26 Å². The number of halogens is 1. The van der Waals surface area contributed by atoms with Crippen LogP contribution in [0.1, 0.15) is 20.3 Å². The van der Waals surface area contributed by atoms with Crippen LogP contribution >= 0.6 is 15.9 Å². The Kier molecular flexibility index (Phi) is 6.59. The third kappa shape index (κ3) is 5.41. The van der Waals surface area contributed by atoms with E-state index >= 15 is 0 Å². The van der Waals surface area contributed by atoms with E-state index < -0.39 is 10.8 Å². The number of hydrogen-bond donors (Lipinski definition) is 1. The van der Waals surface area contributed by atoms with E-state index in [0.717, 1.165) is 6.42 Å². The van der Waals surface area contributed by atoms with Crippen molar-refractivity contribution >= 4 is 32.6 Å². The van der Waals surface area contributed by atoms with E-state index in [-0.39, 0.29) is 16.0 Å². The summed E-state index contributed by atoms with van der Waals surface area (Å²) in [5.74, 6) is -0.0280. The van der Waals surface area contributed by atoms with E-state index in [9.17, 15) is 9.00 Å². The van der Waals surface area contributed by atoms with Gasteiger partial charge in [0, 0.05) is 28.9 Å². The van der Waals surface area contributed by atoms with Gasteiger partial charge in [-0.15, -0.1) is 0 Å². The first-order chi connectivity index (χ1) is 5.99. The second-order valence-corrected chi connectivity index (χ2v) is 5.84. The minimum absolute atomic E-state index is 0.0144. The molecule has 3 atom stereocenters. The van der Waals surface area contributed by atoms with Gasteiger partial charge in [0.25, 0.3) is 0 Å². The van der Waals surface area contributed by atoms with Gasteiger partial charge in [0.05, 0.1) is 4.83 Å². The Labute approximate surface area is 90.2 Å². The molecule has 0 heterocycles. The molecule has 78 valence electrons. The minimum atomic E-state index is -0.872. The molecule has 0 spiro atoms. The van der Waals surface area contributed by atoms with Gasteiger partial charge in [-0.3, -0.25) is 9.00 Å². The predicted molar refractivity (Wildman–Crippen MR) is 59.5 cm³/mol. The second kappa shape index (κ2) is 6.54.